The standard InChI is InChI=1S/C29H34O4Si3/c1-30-36(31-2,32-3)25-24-35(28-20-12-6-13-21-28,29-22-14-7-15-23-29)33-34(26-16-8-4-9-17-26)27-18-10-5-11-19-27/h4-23,34H,24-25H2,1-3H3. The Bertz CT molecular complexity index is 1090. The Hall–Kier alpha value is -2.63. The summed E-state index contributed by atoms with van der Waals surface area (Å²) < 4.78 is 25.2. The molecule has 4 nitrogen and oxygen atoms in total. The molecule has 4 aromatic carbocycles. The number of hydrogen-bond acceptors (Lipinski definition) is 4. The first-order valence-electron chi connectivity index (χ1n) is 12.2. The van der Waals surface area contributed by atoms with E-state index in [1.807, 2.05) is 0 Å². The molecule has 4 rings (SSSR count). The van der Waals surface area contributed by atoms with Crippen LogP contribution in [0.5, 0.6) is 0 Å². The molecule has 0 spiro atoms. The van der Waals surface area contributed by atoms with Crippen molar-refractivity contribution >= 4 is 46.9 Å². The Morgan fingerprint density at radius 3 is 1.22 bits per heavy atom. The maximum atomic E-state index is 7.64. The van der Waals surface area contributed by atoms with Gasteiger partial charge in [-0.2, -0.15) is 0 Å². The van der Waals surface area contributed by atoms with Gasteiger partial charge in [-0.05, 0) is 26.8 Å². The van der Waals surface area contributed by atoms with Crippen LogP contribution in [0.2, 0.25) is 12.1 Å². The molecule has 0 aliphatic heterocycles. The third-order valence-electron chi connectivity index (χ3n) is 6.72. The maximum absolute atomic E-state index is 7.64. The molecule has 0 atom stereocenters. The number of hydrogen-bond donors (Lipinski definition) is 0. The van der Waals surface area contributed by atoms with Crippen molar-refractivity contribution in [2.24, 2.45) is 0 Å². The fourth-order valence-electron chi connectivity index (χ4n) is 4.74. The zero-order chi connectivity index (χ0) is 25.3. The highest BCUT2D eigenvalue weighted by molar-refractivity contribution is 7.03. The lowest BCUT2D eigenvalue weighted by atomic mass is 10.4. The quantitative estimate of drug-likeness (QED) is 0.264. The van der Waals surface area contributed by atoms with Crippen molar-refractivity contribution in [3.8, 4) is 0 Å². The Kier molecular flexibility index (Phi) is 9.22. The van der Waals surface area contributed by atoms with E-state index in [1.54, 1.807) is 21.3 Å². The zero-order valence-electron chi connectivity index (χ0n) is 21.2. The minimum Gasteiger partial charge on any atom is -0.444 e. The molecule has 0 saturated heterocycles. The molecule has 4 aromatic rings. The summed E-state index contributed by atoms with van der Waals surface area (Å²) in [6.45, 7) is 0. The molecule has 0 aromatic heterocycles. The summed E-state index contributed by atoms with van der Waals surface area (Å²) in [7, 11) is -2.64. The highest BCUT2D eigenvalue weighted by atomic mass is 28.4. The van der Waals surface area contributed by atoms with Gasteiger partial charge in [-0.25, -0.2) is 0 Å². The predicted molar refractivity (Wildman–Crippen MR) is 155 cm³/mol. The summed E-state index contributed by atoms with van der Waals surface area (Å²) in [5.41, 5.74) is 0. The van der Waals surface area contributed by atoms with Gasteiger partial charge in [0.15, 0.2) is 0 Å². The van der Waals surface area contributed by atoms with E-state index in [1.165, 1.54) is 20.7 Å². The molecular weight excluding hydrogens is 497 g/mol. The Morgan fingerprint density at radius 1 is 0.500 bits per heavy atom. The van der Waals surface area contributed by atoms with Crippen LogP contribution in [-0.2, 0) is 17.4 Å². The van der Waals surface area contributed by atoms with Gasteiger partial charge in [0.05, 0.1) is 0 Å². The Labute approximate surface area is 218 Å². The molecule has 0 heterocycles. The molecule has 0 fully saturated rings. The topological polar surface area (TPSA) is 36.9 Å². The second-order valence-corrected chi connectivity index (χ2v) is 18.1. The van der Waals surface area contributed by atoms with Crippen molar-refractivity contribution in [1.29, 1.82) is 0 Å². The molecule has 0 aliphatic carbocycles. The van der Waals surface area contributed by atoms with Gasteiger partial charge in [-0.1, -0.05) is 121 Å². The first kappa shape index (κ1) is 26.4. The predicted octanol–water partition coefficient (Wildman–Crippen LogP) is 3.18. The van der Waals surface area contributed by atoms with Crippen LogP contribution in [0, 0.1) is 0 Å². The van der Waals surface area contributed by atoms with Crippen LogP contribution in [0.15, 0.2) is 121 Å². The number of rotatable bonds is 12. The van der Waals surface area contributed by atoms with Crippen molar-refractivity contribution < 1.29 is 17.4 Å². The average molecular weight is 531 g/mol. The van der Waals surface area contributed by atoms with E-state index in [-0.39, 0.29) is 0 Å². The van der Waals surface area contributed by atoms with E-state index < -0.39 is 26.2 Å². The molecule has 0 radical (unpaired) electrons. The summed E-state index contributed by atoms with van der Waals surface area (Å²) in [6.07, 6.45) is 0. The monoisotopic (exact) mass is 530 g/mol. The fourth-order valence-corrected chi connectivity index (χ4v) is 16.6. The van der Waals surface area contributed by atoms with Crippen molar-refractivity contribution in [2.45, 2.75) is 12.1 Å². The first-order chi connectivity index (χ1) is 17.7. The molecule has 0 N–H and O–H groups in total. The molecule has 0 bridgehead atoms. The fraction of sp³-hybridized carbons (Fsp3) is 0.172. The molecule has 36 heavy (non-hydrogen) atoms. The van der Waals surface area contributed by atoms with Gasteiger partial charge in [-0.15, -0.1) is 0 Å². The van der Waals surface area contributed by atoms with E-state index in [2.05, 4.69) is 121 Å². The van der Waals surface area contributed by atoms with Crippen LogP contribution in [0.1, 0.15) is 0 Å². The van der Waals surface area contributed by atoms with Gasteiger partial charge in [0.2, 0.25) is 17.4 Å². The lowest BCUT2D eigenvalue weighted by Crippen LogP contribution is -2.67. The summed E-state index contributed by atoms with van der Waals surface area (Å²) in [6, 6.07) is 44.3. The molecule has 0 amide bonds. The van der Waals surface area contributed by atoms with E-state index in [4.69, 9.17) is 17.4 Å². The van der Waals surface area contributed by atoms with Gasteiger partial charge in [-0.3, -0.25) is 0 Å². The second-order valence-electron chi connectivity index (χ2n) is 8.67. The van der Waals surface area contributed by atoms with Crippen LogP contribution < -0.4 is 20.7 Å². The normalized spacial score (nSPS) is 12.1. The van der Waals surface area contributed by atoms with E-state index in [0.717, 1.165) is 6.04 Å². The highest BCUT2D eigenvalue weighted by Crippen LogP contribution is 2.24. The third-order valence-corrected chi connectivity index (χ3v) is 18.0. The van der Waals surface area contributed by atoms with Crippen molar-refractivity contribution in [2.75, 3.05) is 21.3 Å². The van der Waals surface area contributed by atoms with E-state index in [9.17, 15) is 0 Å². The largest absolute Gasteiger partial charge is 0.499 e. The third kappa shape index (κ3) is 5.84. The van der Waals surface area contributed by atoms with Crippen LogP contribution >= 0.6 is 0 Å². The Morgan fingerprint density at radius 2 is 0.861 bits per heavy atom. The summed E-state index contributed by atoms with van der Waals surface area (Å²) in [5.74, 6) is 0. The summed E-state index contributed by atoms with van der Waals surface area (Å²) in [5, 5.41) is 5.01. The average Bonchev–Trinajstić information content (AvgIpc) is 2.97. The molecule has 7 heteroatoms. The second kappa shape index (κ2) is 12.6. The van der Waals surface area contributed by atoms with Gasteiger partial charge in [0.25, 0.3) is 0 Å². The number of benzene rings is 4. The zero-order valence-corrected chi connectivity index (χ0v) is 24.3. The van der Waals surface area contributed by atoms with Crippen LogP contribution in [0.3, 0.4) is 0 Å². The first-order valence-corrected chi connectivity index (χ1v) is 17.9. The lowest BCUT2D eigenvalue weighted by molar-refractivity contribution is 0.125. The molecule has 0 aliphatic rings. The minimum absolute atomic E-state index is 0.664. The van der Waals surface area contributed by atoms with E-state index in [0.29, 0.717) is 6.04 Å². The summed E-state index contributed by atoms with van der Waals surface area (Å²) >= 11 is 0. The molecule has 0 saturated carbocycles. The van der Waals surface area contributed by atoms with Gasteiger partial charge in [0.1, 0.15) is 0 Å². The SMILES string of the molecule is CO[Si](CC[Si](O[SiH](c1ccccc1)c1ccccc1)(c1ccccc1)c1ccccc1)(OC)OC. The molecule has 0 unspecified atom stereocenters. The van der Waals surface area contributed by atoms with Gasteiger partial charge < -0.3 is 17.4 Å². The van der Waals surface area contributed by atoms with Crippen molar-refractivity contribution in [3.63, 3.8) is 0 Å². The lowest BCUT2D eigenvalue weighted by Gasteiger charge is -2.38. The van der Waals surface area contributed by atoms with Crippen molar-refractivity contribution in [3.05, 3.63) is 121 Å². The smallest absolute Gasteiger partial charge is 0.444 e. The Balaban J connectivity index is 1.90. The highest BCUT2D eigenvalue weighted by Gasteiger charge is 2.47. The van der Waals surface area contributed by atoms with Gasteiger partial charge >= 0.3 is 8.80 Å². The van der Waals surface area contributed by atoms with Crippen LogP contribution in [0.4, 0.5) is 0 Å². The van der Waals surface area contributed by atoms with Crippen molar-refractivity contribution in [1.82, 2.24) is 0 Å². The minimum atomic E-state index is -2.83. The maximum Gasteiger partial charge on any atom is 0.499 e. The van der Waals surface area contributed by atoms with Gasteiger partial charge in [0, 0.05) is 27.4 Å². The molecular formula is C29H34O4Si3. The van der Waals surface area contributed by atoms with Crippen LogP contribution in [0.25, 0.3) is 0 Å². The molecule has 186 valence electrons. The summed E-state index contributed by atoms with van der Waals surface area (Å²) in [4.78, 5) is 0. The van der Waals surface area contributed by atoms with Crippen LogP contribution in [-0.4, -0.2) is 47.5 Å². The van der Waals surface area contributed by atoms with E-state index >= 15 is 0 Å².